The fourth-order valence-electron chi connectivity index (χ4n) is 3.36. The topological polar surface area (TPSA) is 59.4 Å². The maximum Gasteiger partial charge on any atom is 0.307 e. The fraction of sp³-hybridized carbons (Fsp3) is 0.333. The molecule has 0 spiro atoms. The summed E-state index contributed by atoms with van der Waals surface area (Å²) >= 11 is 1.60. The second kappa shape index (κ2) is 6.72. The van der Waals surface area contributed by atoms with E-state index < -0.39 is 5.97 Å². The number of ether oxygens (including phenoxy) is 1. The molecule has 2 aromatic heterocycles. The van der Waals surface area contributed by atoms with Gasteiger partial charge in [0.05, 0.1) is 6.42 Å². The summed E-state index contributed by atoms with van der Waals surface area (Å²) in [5.41, 5.74) is 5.25. The molecule has 4 nitrogen and oxygen atoms in total. The molecule has 5 heteroatoms. The lowest BCUT2D eigenvalue weighted by atomic mass is 10.0. The van der Waals surface area contributed by atoms with Crippen LogP contribution in [0.1, 0.15) is 46.8 Å². The summed E-state index contributed by atoms with van der Waals surface area (Å²) in [5, 5.41) is 12.3. The van der Waals surface area contributed by atoms with E-state index in [1.165, 1.54) is 18.4 Å². The minimum atomic E-state index is -0.783. The maximum absolute atomic E-state index is 11.2. The Morgan fingerprint density at radius 1 is 1.27 bits per heavy atom. The van der Waals surface area contributed by atoms with E-state index >= 15 is 0 Å². The first kappa shape index (κ1) is 17.0. The minimum Gasteiger partial charge on any atom is -0.489 e. The highest BCUT2D eigenvalue weighted by Gasteiger charge is 2.28. The number of carboxylic acids is 1. The Morgan fingerprint density at radius 3 is 2.77 bits per heavy atom. The van der Waals surface area contributed by atoms with Crippen LogP contribution in [0.2, 0.25) is 0 Å². The van der Waals surface area contributed by atoms with Crippen LogP contribution in [0.15, 0.2) is 29.6 Å². The molecule has 0 atom stereocenters. The SMILES string of the molecule is Cc1ccc(COc2cc(C3CC3)c3c(CC(=O)O)csc3c2)c(C)n1. The Bertz CT molecular complexity index is 988. The van der Waals surface area contributed by atoms with Gasteiger partial charge in [0.25, 0.3) is 0 Å². The normalized spacial score (nSPS) is 13.9. The highest BCUT2D eigenvalue weighted by Crippen LogP contribution is 2.47. The van der Waals surface area contributed by atoms with E-state index in [0.29, 0.717) is 12.5 Å². The number of rotatable bonds is 6. The number of aliphatic carboxylic acids is 1. The molecule has 134 valence electrons. The summed E-state index contributed by atoms with van der Waals surface area (Å²) in [5.74, 6) is 0.600. The van der Waals surface area contributed by atoms with Crippen LogP contribution in [-0.4, -0.2) is 16.1 Å². The summed E-state index contributed by atoms with van der Waals surface area (Å²) in [6.07, 6.45) is 2.41. The second-order valence-electron chi connectivity index (χ2n) is 6.98. The Balaban J connectivity index is 1.65. The Kier molecular flexibility index (Phi) is 4.41. The zero-order valence-corrected chi connectivity index (χ0v) is 15.7. The van der Waals surface area contributed by atoms with Crippen molar-refractivity contribution in [1.82, 2.24) is 4.98 Å². The molecule has 1 saturated carbocycles. The molecule has 0 bridgehead atoms. The molecule has 1 fully saturated rings. The van der Waals surface area contributed by atoms with Gasteiger partial charge in [0.2, 0.25) is 0 Å². The molecule has 26 heavy (non-hydrogen) atoms. The highest BCUT2D eigenvalue weighted by atomic mass is 32.1. The number of hydrogen-bond acceptors (Lipinski definition) is 4. The third-order valence-electron chi connectivity index (χ3n) is 4.84. The number of carboxylic acid groups (broad SMARTS) is 1. The molecule has 1 N–H and O–H groups in total. The predicted molar refractivity (Wildman–Crippen MR) is 103 cm³/mol. The number of carbonyl (C=O) groups is 1. The Hall–Kier alpha value is -2.40. The van der Waals surface area contributed by atoms with Crippen molar-refractivity contribution < 1.29 is 14.6 Å². The van der Waals surface area contributed by atoms with E-state index in [9.17, 15) is 9.90 Å². The number of fused-ring (bicyclic) bond motifs is 1. The number of benzene rings is 1. The van der Waals surface area contributed by atoms with Crippen molar-refractivity contribution >= 4 is 27.4 Å². The quantitative estimate of drug-likeness (QED) is 0.666. The Morgan fingerprint density at radius 2 is 2.08 bits per heavy atom. The summed E-state index contributed by atoms with van der Waals surface area (Å²) in [7, 11) is 0. The van der Waals surface area contributed by atoms with Crippen molar-refractivity contribution in [3.8, 4) is 5.75 Å². The second-order valence-corrected chi connectivity index (χ2v) is 7.89. The number of aryl methyl sites for hydroxylation is 2. The first-order valence-corrected chi connectivity index (χ1v) is 9.71. The van der Waals surface area contributed by atoms with Gasteiger partial charge in [0, 0.05) is 21.7 Å². The molecular formula is C21H21NO3S. The monoisotopic (exact) mass is 367 g/mol. The van der Waals surface area contributed by atoms with Crippen LogP contribution in [-0.2, 0) is 17.8 Å². The van der Waals surface area contributed by atoms with Crippen molar-refractivity contribution in [2.45, 2.75) is 45.6 Å². The molecule has 3 aromatic rings. The minimum absolute atomic E-state index is 0.0775. The van der Waals surface area contributed by atoms with Gasteiger partial charge in [-0.3, -0.25) is 9.78 Å². The molecular weight excluding hydrogens is 346 g/mol. The fourth-order valence-corrected chi connectivity index (χ4v) is 4.38. The van der Waals surface area contributed by atoms with E-state index in [-0.39, 0.29) is 6.42 Å². The molecule has 1 aliphatic rings. The van der Waals surface area contributed by atoms with Crippen molar-refractivity contribution in [1.29, 1.82) is 0 Å². The lowest BCUT2D eigenvalue weighted by Crippen LogP contribution is -2.02. The van der Waals surface area contributed by atoms with Crippen LogP contribution >= 0.6 is 11.3 Å². The number of nitrogens with zero attached hydrogens (tertiary/aromatic N) is 1. The summed E-state index contributed by atoms with van der Waals surface area (Å²) in [4.78, 5) is 15.7. The van der Waals surface area contributed by atoms with Gasteiger partial charge in [-0.15, -0.1) is 11.3 Å². The first-order valence-electron chi connectivity index (χ1n) is 8.83. The van der Waals surface area contributed by atoms with Crippen molar-refractivity contribution in [3.63, 3.8) is 0 Å². The van der Waals surface area contributed by atoms with Gasteiger partial charge >= 0.3 is 5.97 Å². The molecule has 1 aliphatic carbocycles. The van der Waals surface area contributed by atoms with E-state index in [1.54, 1.807) is 11.3 Å². The van der Waals surface area contributed by atoms with Gasteiger partial charge in [-0.2, -0.15) is 0 Å². The van der Waals surface area contributed by atoms with Gasteiger partial charge in [-0.25, -0.2) is 0 Å². The number of hydrogen-bond donors (Lipinski definition) is 1. The molecule has 4 rings (SSSR count). The lowest BCUT2D eigenvalue weighted by Gasteiger charge is -2.12. The lowest BCUT2D eigenvalue weighted by molar-refractivity contribution is -0.136. The summed E-state index contributed by atoms with van der Waals surface area (Å²) in [6, 6.07) is 8.21. The molecule has 0 saturated heterocycles. The third-order valence-corrected chi connectivity index (χ3v) is 5.82. The smallest absolute Gasteiger partial charge is 0.307 e. The summed E-state index contributed by atoms with van der Waals surface area (Å²) < 4.78 is 7.19. The average Bonchev–Trinajstić information content (AvgIpc) is 3.36. The van der Waals surface area contributed by atoms with Crippen LogP contribution in [0, 0.1) is 13.8 Å². The molecule has 0 amide bonds. The number of aromatic nitrogens is 1. The van der Waals surface area contributed by atoms with Gasteiger partial charge in [0.15, 0.2) is 0 Å². The van der Waals surface area contributed by atoms with Gasteiger partial charge in [-0.05, 0) is 72.7 Å². The van der Waals surface area contributed by atoms with Gasteiger partial charge in [0.1, 0.15) is 12.4 Å². The zero-order valence-electron chi connectivity index (χ0n) is 14.9. The zero-order chi connectivity index (χ0) is 18.3. The number of thiophene rings is 1. The molecule has 0 unspecified atom stereocenters. The van der Waals surface area contributed by atoms with E-state index in [1.807, 2.05) is 31.4 Å². The van der Waals surface area contributed by atoms with Crippen molar-refractivity contribution in [2.24, 2.45) is 0 Å². The third kappa shape index (κ3) is 3.44. The van der Waals surface area contributed by atoms with Crippen LogP contribution in [0.3, 0.4) is 0 Å². The molecule has 2 heterocycles. The summed E-state index contributed by atoms with van der Waals surface area (Å²) in [6.45, 7) is 4.48. The van der Waals surface area contributed by atoms with Crippen LogP contribution in [0.25, 0.3) is 10.1 Å². The van der Waals surface area contributed by atoms with E-state index in [2.05, 4.69) is 17.1 Å². The predicted octanol–water partition coefficient (Wildman–Crippen LogP) is 5.00. The van der Waals surface area contributed by atoms with Crippen molar-refractivity contribution in [2.75, 3.05) is 0 Å². The molecule has 1 aromatic carbocycles. The molecule has 0 radical (unpaired) electrons. The number of pyridine rings is 1. The largest absolute Gasteiger partial charge is 0.489 e. The van der Waals surface area contributed by atoms with E-state index in [0.717, 1.165) is 38.4 Å². The van der Waals surface area contributed by atoms with Crippen LogP contribution in [0.4, 0.5) is 0 Å². The average molecular weight is 367 g/mol. The van der Waals surface area contributed by atoms with E-state index in [4.69, 9.17) is 4.74 Å². The maximum atomic E-state index is 11.2. The van der Waals surface area contributed by atoms with Gasteiger partial charge in [-0.1, -0.05) is 6.07 Å². The first-order chi connectivity index (χ1) is 12.5. The van der Waals surface area contributed by atoms with Crippen LogP contribution < -0.4 is 4.74 Å². The highest BCUT2D eigenvalue weighted by molar-refractivity contribution is 7.17. The Labute approximate surface area is 156 Å². The standard InChI is InChI=1S/C21H21NO3S/c1-12-3-4-15(13(2)22-12)10-25-17-8-18(14-5-6-14)21-16(7-20(23)24)11-26-19(21)9-17/h3-4,8-9,11,14H,5-7,10H2,1-2H3,(H,23,24). The molecule has 0 aliphatic heterocycles. The van der Waals surface area contributed by atoms with Crippen LogP contribution in [0.5, 0.6) is 5.75 Å². The van der Waals surface area contributed by atoms with Crippen molar-refractivity contribution in [3.05, 3.63) is 57.7 Å². The van der Waals surface area contributed by atoms with Gasteiger partial charge < -0.3 is 9.84 Å².